The lowest BCUT2D eigenvalue weighted by atomic mass is 9.91. The number of hydrogen-bond donors (Lipinski definition) is 1. The Bertz CT molecular complexity index is 318. The second-order valence-electron chi connectivity index (χ2n) is 4.76. The normalized spacial score (nSPS) is 14.6. The smallest absolute Gasteiger partial charge is 0.123 e. The van der Waals surface area contributed by atoms with Gasteiger partial charge in [-0.1, -0.05) is 39.3 Å². The summed E-state index contributed by atoms with van der Waals surface area (Å²) in [6.45, 7) is 7.59. The Morgan fingerprint density at radius 3 is 2.65 bits per heavy atom. The number of nitrogens with one attached hydrogen (secondary N) is 1. The van der Waals surface area contributed by atoms with Gasteiger partial charge in [-0.05, 0) is 43.0 Å². The Balaban J connectivity index is 2.59. The van der Waals surface area contributed by atoms with Crippen molar-refractivity contribution in [1.82, 2.24) is 5.32 Å². The molecule has 0 spiro atoms. The summed E-state index contributed by atoms with van der Waals surface area (Å²) in [7, 11) is 0. The number of benzene rings is 1. The first-order chi connectivity index (χ1) is 8.17. The molecule has 17 heavy (non-hydrogen) atoms. The van der Waals surface area contributed by atoms with Gasteiger partial charge in [-0.3, -0.25) is 0 Å². The van der Waals surface area contributed by atoms with Gasteiger partial charge < -0.3 is 5.32 Å². The molecule has 0 saturated heterocycles. The van der Waals surface area contributed by atoms with Crippen LogP contribution in [0.25, 0.3) is 0 Å². The van der Waals surface area contributed by atoms with E-state index in [2.05, 4.69) is 26.1 Å². The molecule has 1 aromatic rings. The van der Waals surface area contributed by atoms with E-state index in [4.69, 9.17) is 0 Å². The summed E-state index contributed by atoms with van der Waals surface area (Å²) in [4.78, 5) is 0. The maximum absolute atomic E-state index is 13.1. The van der Waals surface area contributed by atoms with Gasteiger partial charge in [-0.15, -0.1) is 0 Å². The highest BCUT2D eigenvalue weighted by Gasteiger charge is 2.15. The van der Waals surface area contributed by atoms with Gasteiger partial charge in [0.1, 0.15) is 5.82 Å². The summed E-state index contributed by atoms with van der Waals surface area (Å²) in [5.74, 6) is 0.405. The maximum Gasteiger partial charge on any atom is 0.123 e. The van der Waals surface area contributed by atoms with E-state index in [1.807, 2.05) is 6.07 Å². The average Bonchev–Trinajstić information content (AvgIpc) is 2.28. The first kappa shape index (κ1) is 14.2. The average molecular weight is 237 g/mol. The van der Waals surface area contributed by atoms with E-state index < -0.39 is 0 Å². The fraction of sp³-hybridized carbons (Fsp3) is 0.600. The Kier molecular flexibility index (Phi) is 6.20. The van der Waals surface area contributed by atoms with Gasteiger partial charge >= 0.3 is 0 Å². The molecule has 0 aliphatic rings. The van der Waals surface area contributed by atoms with E-state index in [1.165, 1.54) is 18.9 Å². The van der Waals surface area contributed by atoms with Crippen LogP contribution in [0.3, 0.4) is 0 Å². The molecular formula is C15H24FN. The highest BCUT2D eigenvalue weighted by atomic mass is 19.1. The summed E-state index contributed by atoms with van der Waals surface area (Å²) < 4.78 is 13.1. The molecule has 1 rings (SSSR count). The topological polar surface area (TPSA) is 12.0 Å². The molecule has 0 saturated carbocycles. The zero-order valence-electron chi connectivity index (χ0n) is 11.2. The predicted octanol–water partition coefficient (Wildman–Crippen LogP) is 3.78. The van der Waals surface area contributed by atoms with Gasteiger partial charge in [-0.2, -0.15) is 0 Å². The predicted molar refractivity (Wildman–Crippen MR) is 71.6 cm³/mol. The van der Waals surface area contributed by atoms with Crippen LogP contribution in [0.4, 0.5) is 4.39 Å². The molecule has 1 aromatic carbocycles. The Hall–Kier alpha value is -0.890. The lowest BCUT2D eigenvalue weighted by Gasteiger charge is -2.24. The highest BCUT2D eigenvalue weighted by Crippen LogP contribution is 2.16. The minimum Gasteiger partial charge on any atom is -0.314 e. The summed E-state index contributed by atoms with van der Waals surface area (Å²) >= 11 is 0. The van der Waals surface area contributed by atoms with Gasteiger partial charge in [0, 0.05) is 6.04 Å². The van der Waals surface area contributed by atoms with Crippen LogP contribution in [-0.4, -0.2) is 12.6 Å². The summed E-state index contributed by atoms with van der Waals surface area (Å²) in [5, 5.41) is 3.52. The second-order valence-corrected chi connectivity index (χ2v) is 4.76. The molecule has 0 aliphatic carbocycles. The molecule has 2 heteroatoms. The maximum atomic E-state index is 13.1. The SMILES string of the molecule is CCCC(NCC)C(C)Cc1cccc(F)c1. The first-order valence-electron chi connectivity index (χ1n) is 6.65. The van der Waals surface area contributed by atoms with E-state index in [0.717, 1.165) is 18.5 Å². The molecule has 0 heterocycles. The number of halogens is 1. The Morgan fingerprint density at radius 1 is 1.29 bits per heavy atom. The van der Waals surface area contributed by atoms with Crippen molar-refractivity contribution in [2.45, 2.75) is 46.1 Å². The molecule has 2 atom stereocenters. The lowest BCUT2D eigenvalue weighted by molar-refractivity contribution is 0.357. The summed E-state index contributed by atoms with van der Waals surface area (Å²) in [6, 6.07) is 7.48. The zero-order chi connectivity index (χ0) is 12.7. The largest absolute Gasteiger partial charge is 0.314 e. The third kappa shape index (κ3) is 4.86. The fourth-order valence-corrected chi connectivity index (χ4v) is 2.34. The molecule has 0 amide bonds. The quantitative estimate of drug-likeness (QED) is 0.761. The van der Waals surface area contributed by atoms with E-state index in [9.17, 15) is 4.39 Å². The van der Waals surface area contributed by atoms with Crippen molar-refractivity contribution in [3.05, 3.63) is 35.6 Å². The molecule has 0 aliphatic heterocycles. The molecule has 0 aromatic heterocycles. The number of rotatable bonds is 7. The third-order valence-electron chi connectivity index (χ3n) is 3.20. The fourth-order valence-electron chi connectivity index (χ4n) is 2.34. The molecule has 96 valence electrons. The van der Waals surface area contributed by atoms with Crippen LogP contribution >= 0.6 is 0 Å². The van der Waals surface area contributed by atoms with Crippen molar-refractivity contribution in [2.24, 2.45) is 5.92 Å². The number of hydrogen-bond acceptors (Lipinski definition) is 1. The molecular weight excluding hydrogens is 213 g/mol. The minimum absolute atomic E-state index is 0.134. The first-order valence-corrected chi connectivity index (χ1v) is 6.65. The molecule has 1 nitrogen and oxygen atoms in total. The Labute approximate surface area is 104 Å². The van der Waals surface area contributed by atoms with Crippen molar-refractivity contribution in [3.63, 3.8) is 0 Å². The van der Waals surface area contributed by atoms with E-state index in [1.54, 1.807) is 12.1 Å². The van der Waals surface area contributed by atoms with Crippen molar-refractivity contribution in [2.75, 3.05) is 6.54 Å². The van der Waals surface area contributed by atoms with E-state index >= 15 is 0 Å². The minimum atomic E-state index is -0.134. The van der Waals surface area contributed by atoms with Gasteiger partial charge in [0.05, 0.1) is 0 Å². The van der Waals surface area contributed by atoms with E-state index in [0.29, 0.717) is 12.0 Å². The molecule has 2 unspecified atom stereocenters. The van der Waals surface area contributed by atoms with Crippen molar-refractivity contribution < 1.29 is 4.39 Å². The molecule has 0 radical (unpaired) electrons. The van der Waals surface area contributed by atoms with Crippen molar-refractivity contribution in [1.29, 1.82) is 0 Å². The zero-order valence-corrected chi connectivity index (χ0v) is 11.2. The van der Waals surface area contributed by atoms with Crippen LogP contribution < -0.4 is 5.32 Å². The van der Waals surface area contributed by atoms with Crippen LogP contribution in [0, 0.1) is 11.7 Å². The lowest BCUT2D eigenvalue weighted by Crippen LogP contribution is -2.35. The summed E-state index contributed by atoms with van der Waals surface area (Å²) in [5.41, 5.74) is 1.09. The van der Waals surface area contributed by atoms with Gasteiger partial charge in [0.15, 0.2) is 0 Å². The third-order valence-corrected chi connectivity index (χ3v) is 3.20. The molecule has 1 N–H and O–H groups in total. The van der Waals surface area contributed by atoms with Crippen LogP contribution in [0.1, 0.15) is 39.2 Å². The van der Waals surface area contributed by atoms with Gasteiger partial charge in [0.2, 0.25) is 0 Å². The van der Waals surface area contributed by atoms with Crippen LogP contribution in [0.5, 0.6) is 0 Å². The van der Waals surface area contributed by atoms with Gasteiger partial charge in [-0.25, -0.2) is 4.39 Å². The Morgan fingerprint density at radius 2 is 2.06 bits per heavy atom. The monoisotopic (exact) mass is 237 g/mol. The highest BCUT2D eigenvalue weighted by molar-refractivity contribution is 5.17. The van der Waals surface area contributed by atoms with Crippen molar-refractivity contribution >= 4 is 0 Å². The molecule has 0 fully saturated rings. The van der Waals surface area contributed by atoms with Crippen LogP contribution in [0.15, 0.2) is 24.3 Å². The van der Waals surface area contributed by atoms with Gasteiger partial charge in [0.25, 0.3) is 0 Å². The standard InChI is InChI=1S/C15H24FN/c1-4-7-15(17-5-2)12(3)10-13-8-6-9-14(16)11-13/h6,8-9,11-12,15,17H,4-5,7,10H2,1-3H3. The van der Waals surface area contributed by atoms with Crippen molar-refractivity contribution in [3.8, 4) is 0 Å². The summed E-state index contributed by atoms with van der Waals surface area (Å²) in [6.07, 6.45) is 3.31. The molecule has 0 bridgehead atoms. The van der Waals surface area contributed by atoms with Crippen LogP contribution in [-0.2, 0) is 6.42 Å². The van der Waals surface area contributed by atoms with E-state index in [-0.39, 0.29) is 5.82 Å². The second kappa shape index (κ2) is 7.44. The van der Waals surface area contributed by atoms with Crippen LogP contribution in [0.2, 0.25) is 0 Å².